The lowest BCUT2D eigenvalue weighted by atomic mass is 9.89. The third kappa shape index (κ3) is 2.89. The first-order chi connectivity index (χ1) is 8.90. The molecule has 0 heterocycles. The molecule has 1 aliphatic rings. The van der Waals surface area contributed by atoms with Gasteiger partial charge in [0.05, 0.1) is 12.0 Å². The molecule has 0 saturated heterocycles. The summed E-state index contributed by atoms with van der Waals surface area (Å²) in [7, 11) is 0. The van der Waals surface area contributed by atoms with Crippen molar-refractivity contribution < 1.29 is 28.6 Å². The largest absolute Gasteiger partial charge is 0.481 e. The number of aromatic carboxylic acids is 1. The van der Waals surface area contributed by atoms with Crippen LogP contribution in [0.4, 0.5) is 8.78 Å². The van der Waals surface area contributed by atoms with E-state index in [2.05, 4.69) is 0 Å². The number of halogens is 2. The van der Waals surface area contributed by atoms with Gasteiger partial charge in [0.15, 0.2) is 11.6 Å². The van der Waals surface area contributed by atoms with E-state index in [-0.39, 0.29) is 17.9 Å². The molecule has 6 heteroatoms. The molecule has 0 spiro atoms. The summed E-state index contributed by atoms with van der Waals surface area (Å²) in [6, 6.07) is 1.93. The van der Waals surface area contributed by atoms with Gasteiger partial charge in [0.25, 0.3) is 0 Å². The first-order valence-corrected chi connectivity index (χ1v) is 5.84. The van der Waals surface area contributed by atoms with Crippen molar-refractivity contribution in [1.29, 1.82) is 0 Å². The van der Waals surface area contributed by atoms with Crippen LogP contribution < -0.4 is 0 Å². The lowest BCUT2D eigenvalue weighted by molar-refractivity contribution is -0.137. The van der Waals surface area contributed by atoms with Crippen molar-refractivity contribution in [2.24, 2.45) is 5.92 Å². The van der Waals surface area contributed by atoms with Crippen LogP contribution >= 0.6 is 0 Å². The Balaban J connectivity index is 2.42. The highest BCUT2D eigenvalue weighted by Gasteiger charge is 2.35. The van der Waals surface area contributed by atoms with Crippen molar-refractivity contribution in [1.82, 2.24) is 0 Å². The zero-order chi connectivity index (χ0) is 14.2. The third-order valence-electron chi connectivity index (χ3n) is 3.29. The Kier molecular flexibility index (Phi) is 3.50. The molecule has 0 bridgehead atoms. The maximum absolute atomic E-state index is 13.4. The number of carboxylic acids is 2. The number of rotatable bonds is 5. The molecule has 0 radical (unpaired) electrons. The quantitative estimate of drug-likeness (QED) is 0.862. The Morgan fingerprint density at radius 1 is 1.26 bits per heavy atom. The number of carbonyl (C=O) groups is 2. The van der Waals surface area contributed by atoms with E-state index in [4.69, 9.17) is 10.2 Å². The lowest BCUT2D eigenvalue weighted by Gasteiger charge is -2.15. The monoisotopic (exact) mass is 270 g/mol. The second kappa shape index (κ2) is 4.95. The summed E-state index contributed by atoms with van der Waals surface area (Å²) in [6.07, 6.45) is 1.42. The number of carboxylic acid groups (broad SMARTS) is 2. The second-order valence-corrected chi connectivity index (χ2v) is 4.71. The molecule has 2 N–H and O–H groups in total. The minimum atomic E-state index is -1.57. The Hall–Kier alpha value is -1.98. The molecule has 4 nitrogen and oxygen atoms in total. The number of hydrogen-bond acceptors (Lipinski definition) is 2. The smallest absolute Gasteiger partial charge is 0.338 e. The van der Waals surface area contributed by atoms with Gasteiger partial charge in [-0.25, -0.2) is 13.6 Å². The molecule has 1 saturated carbocycles. The van der Waals surface area contributed by atoms with E-state index in [0.717, 1.165) is 25.0 Å². The molecule has 0 aliphatic heterocycles. The van der Waals surface area contributed by atoms with Crippen LogP contribution in [0.2, 0.25) is 0 Å². The predicted octanol–water partition coefficient (Wildman–Crippen LogP) is 2.63. The topological polar surface area (TPSA) is 74.6 Å². The highest BCUT2D eigenvalue weighted by atomic mass is 19.2. The number of aliphatic carboxylic acids is 1. The van der Waals surface area contributed by atoms with Gasteiger partial charge in [-0.1, -0.05) is 0 Å². The molecule has 1 aromatic carbocycles. The van der Waals surface area contributed by atoms with E-state index in [9.17, 15) is 18.4 Å². The van der Waals surface area contributed by atoms with Gasteiger partial charge >= 0.3 is 11.9 Å². The minimum Gasteiger partial charge on any atom is -0.481 e. The molecular formula is C13H12F2O4. The zero-order valence-electron chi connectivity index (χ0n) is 9.90. The van der Waals surface area contributed by atoms with E-state index in [0.29, 0.717) is 0 Å². The first kappa shape index (κ1) is 13.5. The third-order valence-corrected chi connectivity index (χ3v) is 3.29. The Morgan fingerprint density at radius 2 is 1.89 bits per heavy atom. The summed E-state index contributed by atoms with van der Waals surface area (Å²) in [4.78, 5) is 21.6. The highest BCUT2D eigenvalue weighted by molar-refractivity contribution is 5.88. The van der Waals surface area contributed by atoms with Gasteiger partial charge < -0.3 is 10.2 Å². The zero-order valence-corrected chi connectivity index (χ0v) is 9.90. The molecule has 0 aromatic heterocycles. The van der Waals surface area contributed by atoms with Gasteiger partial charge in [-0.05, 0) is 42.4 Å². The SMILES string of the molecule is O=C(O)CC(c1cc(F)c(F)c(C(=O)O)c1)C1CC1. The summed E-state index contributed by atoms with van der Waals surface area (Å²) in [5, 5.41) is 17.6. The molecule has 102 valence electrons. The Bertz CT molecular complexity index is 538. The van der Waals surface area contributed by atoms with Gasteiger partial charge in [0, 0.05) is 0 Å². The molecule has 19 heavy (non-hydrogen) atoms. The highest BCUT2D eigenvalue weighted by Crippen LogP contribution is 2.45. The molecule has 1 aromatic rings. The minimum absolute atomic E-state index is 0.0996. The molecular weight excluding hydrogens is 258 g/mol. The molecule has 0 amide bonds. The fraction of sp³-hybridized carbons (Fsp3) is 0.385. The van der Waals surface area contributed by atoms with E-state index >= 15 is 0 Å². The van der Waals surface area contributed by atoms with Crippen molar-refractivity contribution >= 4 is 11.9 Å². The summed E-state index contributed by atoms with van der Waals surface area (Å²) >= 11 is 0. The predicted molar refractivity (Wildman–Crippen MR) is 61.0 cm³/mol. The maximum Gasteiger partial charge on any atom is 0.338 e. The lowest BCUT2D eigenvalue weighted by Crippen LogP contribution is -2.11. The van der Waals surface area contributed by atoms with Crippen molar-refractivity contribution in [3.63, 3.8) is 0 Å². The average molecular weight is 270 g/mol. The van der Waals surface area contributed by atoms with Gasteiger partial charge in [-0.3, -0.25) is 4.79 Å². The maximum atomic E-state index is 13.4. The van der Waals surface area contributed by atoms with Gasteiger partial charge in [0.2, 0.25) is 0 Å². The van der Waals surface area contributed by atoms with Crippen molar-refractivity contribution in [3.05, 3.63) is 34.9 Å². The van der Waals surface area contributed by atoms with E-state index < -0.39 is 35.1 Å². The average Bonchev–Trinajstić information content (AvgIpc) is 3.13. The summed E-state index contributed by atoms with van der Waals surface area (Å²) in [5.41, 5.74) is -0.521. The molecule has 2 rings (SSSR count). The fourth-order valence-electron chi connectivity index (χ4n) is 2.22. The van der Waals surface area contributed by atoms with Crippen LogP contribution in [0, 0.1) is 17.6 Å². The Labute approximate surface area is 107 Å². The first-order valence-electron chi connectivity index (χ1n) is 5.84. The van der Waals surface area contributed by atoms with E-state index in [1.54, 1.807) is 0 Å². The van der Waals surface area contributed by atoms with Crippen LogP contribution in [-0.4, -0.2) is 22.2 Å². The summed E-state index contributed by atoms with van der Waals surface area (Å²) in [6.45, 7) is 0. The van der Waals surface area contributed by atoms with E-state index in [1.165, 1.54) is 0 Å². The number of benzene rings is 1. The van der Waals surface area contributed by atoms with Gasteiger partial charge in [-0.2, -0.15) is 0 Å². The molecule has 1 unspecified atom stereocenters. The van der Waals surface area contributed by atoms with Crippen LogP contribution in [0.3, 0.4) is 0 Å². The second-order valence-electron chi connectivity index (χ2n) is 4.71. The number of hydrogen-bond donors (Lipinski definition) is 2. The molecule has 1 fully saturated rings. The van der Waals surface area contributed by atoms with Crippen molar-refractivity contribution in [2.45, 2.75) is 25.2 Å². The normalized spacial score (nSPS) is 16.1. The van der Waals surface area contributed by atoms with Crippen LogP contribution in [0.15, 0.2) is 12.1 Å². The fourth-order valence-corrected chi connectivity index (χ4v) is 2.22. The van der Waals surface area contributed by atoms with E-state index in [1.807, 2.05) is 0 Å². The van der Waals surface area contributed by atoms with Crippen molar-refractivity contribution in [2.75, 3.05) is 0 Å². The van der Waals surface area contributed by atoms with Gasteiger partial charge in [0.1, 0.15) is 0 Å². The van der Waals surface area contributed by atoms with Gasteiger partial charge in [-0.15, -0.1) is 0 Å². The summed E-state index contributed by atoms with van der Waals surface area (Å²) in [5.74, 6) is -5.65. The van der Waals surface area contributed by atoms with Crippen molar-refractivity contribution in [3.8, 4) is 0 Å². The molecule has 1 atom stereocenters. The van der Waals surface area contributed by atoms with Crippen LogP contribution in [0.1, 0.15) is 41.1 Å². The van der Waals surface area contributed by atoms with Crippen LogP contribution in [0.5, 0.6) is 0 Å². The van der Waals surface area contributed by atoms with Crippen LogP contribution in [-0.2, 0) is 4.79 Å². The molecule has 1 aliphatic carbocycles. The Morgan fingerprint density at radius 3 is 2.37 bits per heavy atom. The van der Waals surface area contributed by atoms with Crippen LogP contribution in [0.25, 0.3) is 0 Å². The summed E-state index contributed by atoms with van der Waals surface area (Å²) < 4.78 is 26.7. The standard InChI is InChI=1S/C13H12F2O4/c14-10-4-7(3-9(12(10)15)13(18)19)8(5-11(16)17)6-1-2-6/h3-4,6,8H,1-2,5H2,(H,16,17)(H,18,19).